The van der Waals surface area contributed by atoms with Gasteiger partial charge in [-0.05, 0) is 43.2 Å². The van der Waals surface area contributed by atoms with Crippen LogP contribution in [0.3, 0.4) is 0 Å². The summed E-state index contributed by atoms with van der Waals surface area (Å²) in [7, 11) is 0. The second-order valence-corrected chi connectivity index (χ2v) is 7.85. The highest BCUT2D eigenvalue weighted by molar-refractivity contribution is 7.08. The Kier molecular flexibility index (Phi) is 4.00. The highest BCUT2D eigenvalue weighted by atomic mass is 32.1. The van der Waals surface area contributed by atoms with E-state index in [1.54, 1.807) is 11.3 Å². The van der Waals surface area contributed by atoms with E-state index in [-0.39, 0.29) is 11.3 Å². The number of hydrogen-bond donors (Lipinski definition) is 0. The van der Waals surface area contributed by atoms with Gasteiger partial charge in [0, 0.05) is 49.4 Å². The van der Waals surface area contributed by atoms with Crippen LogP contribution in [-0.2, 0) is 0 Å². The first-order valence-corrected chi connectivity index (χ1v) is 9.45. The summed E-state index contributed by atoms with van der Waals surface area (Å²) < 4.78 is 0. The average molecular weight is 342 g/mol. The molecule has 2 aliphatic rings. The van der Waals surface area contributed by atoms with Crippen LogP contribution in [0, 0.1) is 12.3 Å². The van der Waals surface area contributed by atoms with Crippen molar-refractivity contribution >= 4 is 23.2 Å². The third-order valence-corrected chi connectivity index (χ3v) is 5.89. The lowest BCUT2D eigenvalue weighted by Gasteiger charge is -2.40. The Hall–Kier alpha value is -1.95. The second kappa shape index (κ2) is 6.16. The summed E-state index contributed by atoms with van der Waals surface area (Å²) in [5.74, 6) is 0.999. The van der Waals surface area contributed by atoms with Crippen molar-refractivity contribution < 1.29 is 4.79 Å². The lowest BCUT2D eigenvalue weighted by atomic mass is 9.79. The number of piperidine rings is 1. The van der Waals surface area contributed by atoms with Crippen molar-refractivity contribution in [3.05, 3.63) is 40.3 Å². The third-order valence-electron chi connectivity index (χ3n) is 5.21. The van der Waals surface area contributed by atoms with Gasteiger partial charge >= 0.3 is 0 Å². The van der Waals surface area contributed by atoms with E-state index in [0.717, 1.165) is 56.1 Å². The van der Waals surface area contributed by atoms with Crippen molar-refractivity contribution in [3.8, 4) is 0 Å². The van der Waals surface area contributed by atoms with E-state index >= 15 is 0 Å². The van der Waals surface area contributed by atoms with Crippen molar-refractivity contribution in [2.24, 2.45) is 5.41 Å². The lowest BCUT2D eigenvalue weighted by Crippen LogP contribution is -2.47. The zero-order valence-electron chi connectivity index (χ0n) is 13.9. The van der Waals surface area contributed by atoms with Crippen LogP contribution in [0.1, 0.15) is 35.2 Å². The fourth-order valence-corrected chi connectivity index (χ4v) is 4.57. The summed E-state index contributed by atoms with van der Waals surface area (Å²) in [6.07, 6.45) is 7.13. The molecule has 4 rings (SSSR count). The Labute approximate surface area is 146 Å². The summed E-state index contributed by atoms with van der Waals surface area (Å²) in [4.78, 5) is 25.9. The highest BCUT2D eigenvalue weighted by Gasteiger charge is 2.43. The molecule has 0 bridgehead atoms. The molecule has 0 radical (unpaired) electrons. The van der Waals surface area contributed by atoms with Gasteiger partial charge < -0.3 is 9.80 Å². The minimum atomic E-state index is 0.181. The molecule has 2 aromatic heterocycles. The normalized spacial score (nSPS) is 23.9. The van der Waals surface area contributed by atoms with Crippen LogP contribution in [0.25, 0.3) is 0 Å². The van der Waals surface area contributed by atoms with Gasteiger partial charge in [-0.15, -0.1) is 0 Å². The number of anilines is 1. The minimum Gasteiger partial charge on any atom is -0.340 e. The summed E-state index contributed by atoms with van der Waals surface area (Å²) in [5.41, 5.74) is 2.10. The van der Waals surface area contributed by atoms with Gasteiger partial charge in [-0.3, -0.25) is 4.79 Å². The van der Waals surface area contributed by atoms with Crippen LogP contribution in [-0.4, -0.2) is 47.0 Å². The molecule has 1 amide bonds. The summed E-state index contributed by atoms with van der Waals surface area (Å²) in [5, 5.41) is 3.92. The number of likely N-dealkylation sites (tertiary alicyclic amines) is 1. The molecular formula is C18H22N4OS. The van der Waals surface area contributed by atoms with Gasteiger partial charge in [0.25, 0.3) is 5.91 Å². The number of rotatable bonds is 2. The maximum atomic E-state index is 12.7. The SMILES string of the molecule is Cc1cnc(N2CC[C@@]3(CCCN(C(=O)c4ccsc4)C3)C2)nc1. The van der Waals surface area contributed by atoms with E-state index in [0.29, 0.717) is 0 Å². The van der Waals surface area contributed by atoms with Crippen LogP contribution in [0.5, 0.6) is 0 Å². The maximum Gasteiger partial charge on any atom is 0.254 e. The fourth-order valence-electron chi connectivity index (χ4n) is 3.94. The van der Waals surface area contributed by atoms with Crippen molar-refractivity contribution in [1.29, 1.82) is 0 Å². The topological polar surface area (TPSA) is 49.3 Å². The number of aromatic nitrogens is 2. The monoisotopic (exact) mass is 342 g/mol. The van der Waals surface area contributed by atoms with E-state index in [1.165, 1.54) is 6.42 Å². The van der Waals surface area contributed by atoms with Gasteiger partial charge in [0.1, 0.15) is 0 Å². The Bertz CT molecular complexity index is 715. The summed E-state index contributed by atoms with van der Waals surface area (Å²) in [6.45, 7) is 5.65. The van der Waals surface area contributed by atoms with Gasteiger partial charge in [0.15, 0.2) is 0 Å². The van der Waals surface area contributed by atoms with Crippen molar-refractivity contribution in [1.82, 2.24) is 14.9 Å². The maximum absolute atomic E-state index is 12.7. The summed E-state index contributed by atoms with van der Waals surface area (Å²) >= 11 is 1.58. The molecule has 0 saturated carbocycles. The predicted octanol–water partition coefficient (Wildman–Crippen LogP) is 2.98. The molecular weight excluding hydrogens is 320 g/mol. The Morgan fingerprint density at radius 2 is 2.04 bits per heavy atom. The quantitative estimate of drug-likeness (QED) is 0.842. The van der Waals surface area contributed by atoms with E-state index in [4.69, 9.17) is 0 Å². The molecule has 0 unspecified atom stereocenters. The first kappa shape index (κ1) is 15.6. The molecule has 2 aromatic rings. The van der Waals surface area contributed by atoms with Gasteiger partial charge in [-0.1, -0.05) is 0 Å². The largest absolute Gasteiger partial charge is 0.340 e. The Morgan fingerprint density at radius 3 is 2.79 bits per heavy atom. The second-order valence-electron chi connectivity index (χ2n) is 7.07. The molecule has 1 spiro atoms. The minimum absolute atomic E-state index is 0.181. The predicted molar refractivity (Wildman–Crippen MR) is 95.5 cm³/mol. The molecule has 126 valence electrons. The number of carbonyl (C=O) groups excluding carboxylic acids is 1. The van der Waals surface area contributed by atoms with Crippen LogP contribution in [0.15, 0.2) is 29.2 Å². The van der Waals surface area contributed by atoms with E-state index in [2.05, 4.69) is 14.9 Å². The molecule has 0 N–H and O–H groups in total. The van der Waals surface area contributed by atoms with Gasteiger partial charge in [-0.25, -0.2) is 9.97 Å². The molecule has 1 atom stereocenters. The molecule has 0 aromatic carbocycles. The molecule has 2 fully saturated rings. The first-order chi connectivity index (χ1) is 11.7. The molecule has 24 heavy (non-hydrogen) atoms. The Morgan fingerprint density at radius 1 is 1.21 bits per heavy atom. The third kappa shape index (κ3) is 2.90. The standard InChI is InChI=1S/C18H22N4OS/c1-14-9-19-17(20-10-14)22-7-5-18(13-22)4-2-6-21(12-18)16(23)15-3-8-24-11-15/h3,8-11H,2,4-7,12-13H2,1H3/t18-/m1/s1. The van der Waals surface area contributed by atoms with Gasteiger partial charge in [0.05, 0.1) is 5.56 Å². The molecule has 0 aliphatic carbocycles. The zero-order valence-corrected chi connectivity index (χ0v) is 14.8. The average Bonchev–Trinajstić information content (AvgIpc) is 3.26. The number of nitrogens with zero attached hydrogens (tertiary/aromatic N) is 4. The lowest BCUT2D eigenvalue weighted by molar-refractivity contribution is 0.0557. The molecule has 4 heterocycles. The van der Waals surface area contributed by atoms with E-state index in [9.17, 15) is 4.79 Å². The molecule has 5 nitrogen and oxygen atoms in total. The van der Waals surface area contributed by atoms with Gasteiger partial charge in [0.2, 0.25) is 5.95 Å². The van der Waals surface area contributed by atoms with Crippen LogP contribution < -0.4 is 4.90 Å². The number of amides is 1. The fraction of sp³-hybridized carbons (Fsp3) is 0.500. The van der Waals surface area contributed by atoms with Crippen molar-refractivity contribution in [2.45, 2.75) is 26.2 Å². The molecule has 2 saturated heterocycles. The highest BCUT2D eigenvalue weighted by Crippen LogP contribution is 2.40. The van der Waals surface area contributed by atoms with Gasteiger partial charge in [-0.2, -0.15) is 11.3 Å². The number of thiophene rings is 1. The van der Waals surface area contributed by atoms with E-state index in [1.807, 2.05) is 41.0 Å². The van der Waals surface area contributed by atoms with E-state index < -0.39 is 0 Å². The number of aryl methyl sites for hydroxylation is 1. The first-order valence-electron chi connectivity index (χ1n) is 8.50. The van der Waals surface area contributed by atoms with Crippen LogP contribution in [0.2, 0.25) is 0 Å². The van der Waals surface area contributed by atoms with Crippen LogP contribution in [0.4, 0.5) is 5.95 Å². The number of carbonyl (C=O) groups is 1. The zero-order chi connectivity index (χ0) is 16.6. The van der Waals surface area contributed by atoms with Crippen molar-refractivity contribution in [2.75, 3.05) is 31.1 Å². The van der Waals surface area contributed by atoms with Crippen molar-refractivity contribution in [3.63, 3.8) is 0 Å². The number of hydrogen-bond acceptors (Lipinski definition) is 5. The molecule has 6 heteroatoms. The Balaban J connectivity index is 1.47. The van der Waals surface area contributed by atoms with Crippen LogP contribution >= 0.6 is 11.3 Å². The smallest absolute Gasteiger partial charge is 0.254 e. The molecule has 2 aliphatic heterocycles. The summed E-state index contributed by atoms with van der Waals surface area (Å²) in [6, 6.07) is 1.93.